The van der Waals surface area contributed by atoms with Crippen molar-refractivity contribution in [2.45, 2.75) is 0 Å². The van der Waals surface area contributed by atoms with Crippen LogP contribution in [0.15, 0.2) is 152 Å². The highest BCUT2D eigenvalue weighted by molar-refractivity contribution is 7.18. The third kappa shape index (κ3) is 3.71. The molecule has 10 aromatic rings. The van der Waals surface area contributed by atoms with Crippen LogP contribution in [0.4, 0.5) is 0 Å². The van der Waals surface area contributed by atoms with Gasteiger partial charge in [-0.05, 0) is 70.3 Å². The van der Waals surface area contributed by atoms with Crippen LogP contribution in [0.2, 0.25) is 0 Å². The largest absolute Gasteiger partial charge is 0.309 e. The third-order valence-corrected chi connectivity index (χ3v) is 10.4. The molecule has 0 bridgehead atoms. The van der Waals surface area contributed by atoms with Crippen molar-refractivity contribution in [1.82, 2.24) is 14.5 Å². The van der Waals surface area contributed by atoms with Gasteiger partial charge in [0.2, 0.25) is 0 Å². The van der Waals surface area contributed by atoms with Crippen LogP contribution in [0, 0.1) is 0 Å². The lowest BCUT2D eigenvalue weighted by atomic mass is 9.96. The predicted molar refractivity (Wildman–Crippen MR) is 195 cm³/mol. The number of aromatic nitrogens is 3. The Labute approximate surface area is 268 Å². The molecule has 0 saturated carbocycles. The van der Waals surface area contributed by atoms with Gasteiger partial charge in [0.25, 0.3) is 0 Å². The van der Waals surface area contributed by atoms with Crippen molar-refractivity contribution in [2.24, 2.45) is 0 Å². The summed E-state index contributed by atoms with van der Waals surface area (Å²) >= 11 is 1.79. The van der Waals surface area contributed by atoms with Gasteiger partial charge in [0, 0.05) is 43.7 Å². The topological polar surface area (TPSA) is 30.7 Å². The quantitative estimate of drug-likeness (QED) is 0.188. The Kier molecular flexibility index (Phi) is 5.45. The van der Waals surface area contributed by atoms with Crippen LogP contribution in [0.1, 0.15) is 0 Å². The molecule has 0 unspecified atom stereocenters. The number of pyridine rings is 2. The summed E-state index contributed by atoms with van der Waals surface area (Å²) in [6.07, 6.45) is 1.84. The summed E-state index contributed by atoms with van der Waals surface area (Å²) in [5, 5.41) is 9.87. The molecule has 0 amide bonds. The molecule has 0 aliphatic rings. The number of rotatable bonds is 3. The van der Waals surface area contributed by atoms with Crippen molar-refractivity contribution < 1.29 is 0 Å². The average molecular weight is 604 g/mol. The van der Waals surface area contributed by atoms with Gasteiger partial charge in [0.1, 0.15) is 0 Å². The molecular weight excluding hydrogens is 579 g/mol. The second kappa shape index (κ2) is 9.83. The fraction of sp³-hybridized carbons (Fsp3) is 0. The first kappa shape index (κ1) is 25.5. The van der Waals surface area contributed by atoms with Crippen molar-refractivity contribution in [3.63, 3.8) is 0 Å². The molecular formula is C42H25N3S. The van der Waals surface area contributed by atoms with Gasteiger partial charge in [-0.1, -0.05) is 97.1 Å². The van der Waals surface area contributed by atoms with Crippen LogP contribution in [0.25, 0.3) is 91.9 Å². The molecule has 4 heterocycles. The molecule has 0 atom stereocenters. The van der Waals surface area contributed by atoms with E-state index in [1.807, 2.05) is 12.3 Å². The zero-order valence-corrected chi connectivity index (χ0v) is 25.5. The first-order chi connectivity index (χ1) is 22.8. The fourth-order valence-electron chi connectivity index (χ4n) is 7.17. The van der Waals surface area contributed by atoms with E-state index in [0.29, 0.717) is 0 Å². The zero-order valence-electron chi connectivity index (χ0n) is 24.7. The van der Waals surface area contributed by atoms with E-state index in [1.54, 1.807) is 11.3 Å². The zero-order chi connectivity index (χ0) is 30.2. The first-order valence-corrected chi connectivity index (χ1v) is 16.3. The summed E-state index contributed by atoms with van der Waals surface area (Å²) in [6, 6.07) is 52.4. The summed E-state index contributed by atoms with van der Waals surface area (Å²) in [6.45, 7) is 0. The number of nitrogens with zero attached hydrogens (tertiary/aromatic N) is 3. The number of thiophene rings is 1. The fourth-order valence-corrected chi connectivity index (χ4v) is 8.14. The SMILES string of the molecule is c1ccc(-n2c3ccc(-c4ccc(-c5ccc6ccc7cccnc7c6n5)s4)cc3c3c4ccccc4c4ccccc4c32)cc1. The van der Waals surface area contributed by atoms with Crippen LogP contribution >= 0.6 is 11.3 Å². The Hall–Kier alpha value is -5.84. The summed E-state index contributed by atoms with van der Waals surface area (Å²) < 4.78 is 2.44. The second-order valence-electron chi connectivity index (χ2n) is 11.8. The highest BCUT2D eigenvalue weighted by atomic mass is 32.1. The summed E-state index contributed by atoms with van der Waals surface area (Å²) in [7, 11) is 0. The van der Waals surface area contributed by atoms with Gasteiger partial charge in [-0.15, -0.1) is 11.3 Å². The van der Waals surface area contributed by atoms with E-state index in [1.165, 1.54) is 59.5 Å². The van der Waals surface area contributed by atoms with Crippen LogP contribution in [0.5, 0.6) is 0 Å². The van der Waals surface area contributed by atoms with Gasteiger partial charge in [-0.2, -0.15) is 0 Å². The Balaban J connectivity index is 1.21. The van der Waals surface area contributed by atoms with E-state index in [2.05, 4.69) is 149 Å². The summed E-state index contributed by atoms with van der Waals surface area (Å²) in [5.74, 6) is 0. The summed E-state index contributed by atoms with van der Waals surface area (Å²) in [5.41, 5.74) is 7.69. The minimum Gasteiger partial charge on any atom is -0.309 e. The number of para-hydroxylation sites is 1. The first-order valence-electron chi connectivity index (χ1n) is 15.5. The van der Waals surface area contributed by atoms with Gasteiger partial charge in [-0.25, -0.2) is 4.98 Å². The van der Waals surface area contributed by atoms with Crippen molar-refractivity contribution >= 4 is 76.5 Å². The maximum atomic E-state index is 5.12. The van der Waals surface area contributed by atoms with Crippen molar-refractivity contribution in [3.8, 4) is 26.7 Å². The van der Waals surface area contributed by atoms with E-state index in [9.17, 15) is 0 Å². The normalized spacial score (nSPS) is 11.9. The number of fused-ring (bicyclic) bond motifs is 11. The Bertz CT molecular complexity index is 2810. The minimum absolute atomic E-state index is 0.943. The van der Waals surface area contributed by atoms with E-state index < -0.39 is 0 Å². The molecule has 0 fully saturated rings. The van der Waals surface area contributed by atoms with Crippen molar-refractivity contribution in [2.75, 3.05) is 0 Å². The monoisotopic (exact) mass is 603 g/mol. The Morgan fingerprint density at radius 2 is 1.20 bits per heavy atom. The standard InChI is InChI=1S/C42H25N3S/c1-2-10-29(11-3-1)45-36-21-19-28(25-34(36)39-32-14-6-4-12-30(32)31-13-5-7-15-33(31)42(39)45)37-22-23-38(46-37)35-20-18-27-17-16-26-9-8-24-43-40(26)41(27)44-35/h1-25H. The molecule has 4 heteroatoms. The lowest BCUT2D eigenvalue weighted by Gasteiger charge is -2.12. The van der Waals surface area contributed by atoms with Gasteiger partial charge in [-0.3, -0.25) is 4.98 Å². The molecule has 214 valence electrons. The molecule has 46 heavy (non-hydrogen) atoms. The maximum Gasteiger partial charge on any atom is 0.0972 e. The van der Waals surface area contributed by atoms with E-state index >= 15 is 0 Å². The predicted octanol–water partition coefficient (Wildman–Crippen LogP) is 11.6. The number of benzene rings is 6. The Morgan fingerprint density at radius 3 is 2.04 bits per heavy atom. The van der Waals surface area contributed by atoms with E-state index in [4.69, 9.17) is 4.98 Å². The van der Waals surface area contributed by atoms with Crippen LogP contribution < -0.4 is 0 Å². The van der Waals surface area contributed by atoms with E-state index in [-0.39, 0.29) is 0 Å². The molecule has 0 aliphatic heterocycles. The van der Waals surface area contributed by atoms with Gasteiger partial charge in [0.15, 0.2) is 0 Å². The van der Waals surface area contributed by atoms with E-state index in [0.717, 1.165) is 32.4 Å². The molecule has 6 aromatic carbocycles. The third-order valence-electron chi connectivity index (χ3n) is 9.23. The van der Waals surface area contributed by atoms with Crippen molar-refractivity contribution in [1.29, 1.82) is 0 Å². The van der Waals surface area contributed by atoms with Gasteiger partial charge in [0.05, 0.1) is 32.6 Å². The van der Waals surface area contributed by atoms with Gasteiger partial charge >= 0.3 is 0 Å². The molecule has 0 spiro atoms. The molecule has 3 nitrogen and oxygen atoms in total. The second-order valence-corrected chi connectivity index (χ2v) is 12.9. The lowest BCUT2D eigenvalue weighted by Crippen LogP contribution is -1.94. The average Bonchev–Trinajstić information content (AvgIpc) is 3.76. The smallest absolute Gasteiger partial charge is 0.0972 e. The highest BCUT2D eigenvalue weighted by Crippen LogP contribution is 2.44. The number of hydrogen-bond acceptors (Lipinski definition) is 3. The molecule has 0 aliphatic carbocycles. The van der Waals surface area contributed by atoms with Crippen LogP contribution in [-0.4, -0.2) is 14.5 Å². The van der Waals surface area contributed by atoms with Crippen LogP contribution in [-0.2, 0) is 0 Å². The molecule has 4 aromatic heterocycles. The Morgan fingerprint density at radius 1 is 0.500 bits per heavy atom. The minimum atomic E-state index is 0.943. The maximum absolute atomic E-state index is 5.12. The van der Waals surface area contributed by atoms with Gasteiger partial charge < -0.3 is 4.57 Å². The molecule has 0 radical (unpaired) electrons. The summed E-state index contributed by atoms with van der Waals surface area (Å²) in [4.78, 5) is 12.1. The number of hydrogen-bond donors (Lipinski definition) is 0. The lowest BCUT2D eigenvalue weighted by molar-refractivity contribution is 1.19. The molecule has 10 rings (SSSR count). The van der Waals surface area contributed by atoms with Crippen LogP contribution in [0.3, 0.4) is 0 Å². The highest BCUT2D eigenvalue weighted by Gasteiger charge is 2.20. The molecule has 0 N–H and O–H groups in total. The van der Waals surface area contributed by atoms with Crippen molar-refractivity contribution in [3.05, 3.63) is 152 Å². The molecule has 0 saturated heterocycles.